The number of carbonyl (C=O) groups excluding carboxylic acids is 2. The predicted octanol–water partition coefficient (Wildman–Crippen LogP) is 5.17. The minimum atomic E-state index is -0.531. The topological polar surface area (TPSA) is 62.2 Å². The Balaban J connectivity index is 1.39. The van der Waals surface area contributed by atoms with E-state index in [1.165, 1.54) is 6.42 Å². The summed E-state index contributed by atoms with van der Waals surface area (Å²) in [6.45, 7) is 7.67. The summed E-state index contributed by atoms with van der Waals surface area (Å²) in [6.07, 6.45) is 3.33. The molecule has 0 radical (unpaired) electrons. The minimum Gasteiger partial charge on any atom is -0.458 e. The summed E-state index contributed by atoms with van der Waals surface area (Å²) in [5.41, 5.74) is 3.34. The zero-order valence-electron chi connectivity index (χ0n) is 20.9. The van der Waals surface area contributed by atoms with Crippen molar-refractivity contribution < 1.29 is 14.3 Å². The van der Waals surface area contributed by atoms with E-state index in [9.17, 15) is 9.59 Å². The molecule has 4 atom stereocenters. The molecule has 1 saturated carbocycles. The molecule has 3 aliphatic rings. The van der Waals surface area contributed by atoms with Crippen molar-refractivity contribution in [3.8, 4) is 0 Å². The van der Waals surface area contributed by atoms with Gasteiger partial charge in [0.15, 0.2) is 0 Å². The summed E-state index contributed by atoms with van der Waals surface area (Å²) in [5, 5.41) is 6.44. The van der Waals surface area contributed by atoms with Crippen molar-refractivity contribution in [3.05, 3.63) is 65.7 Å². The molecular formula is C29H35N3O3. The van der Waals surface area contributed by atoms with Gasteiger partial charge in [0.2, 0.25) is 5.91 Å². The summed E-state index contributed by atoms with van der Waals surface area (Å²) in [5.74, 6) is 0.987. The lowest BCUT2D eigenvalue weighted by Gasteiger charge is -2.36. The molecule has 6 heteroatoms. The third kappa shape index (κ3) is 4.84. The van der Waals surface area contributed by atoms with Crippen LogP contribution in [-0.2, 0) is 27.4 Å². The SMILES string of the molecule is CC(C)[C@@H]1CC[C@@H](C)C[C@H]1OC(=O)C1=NN2c3ccccc3CN(Cc3ccccc3)C(=O)[C@H]2C1. The van der Waals surface area contributed by atoms with E-state index >= 15 is 0 Å². The van der Waals surface area contributed by atoms with Crippen molar-refractivity contribution in [1.29, 1.82) is 0 Å². The normalized spacial score (nSPS) is 26.2. The number of anilines is 1. The maximum absolute atomic E-state index is 13.7. The number of benzene rings is 2. The van der Waals surface area contributed by atoms with Crippen LogP contribution >= 0.6 is 0 Å². The molecule has 1 aliphatic carbocycles. The number of hydrazone groups is 1. The van der Waals surface area contributed by atoms with Gasteiger partial charge in [-0.05, 0) is 47.8 Å². The highest BCUT2D eigenvalue weighted by molar-refractivity contribution is 6.38. The molecule has 0 spiro atoms. The number of rotatable bonds is 5. The number of hydrogen-bond acceptors (Lipinski definition) is 5. The summed E-state index contributed by atoms with van der Waals surface area (Å²) < 4.78 is 6.08. The Morgan fingerprint density at radius 2 is 1.83 bits per heavy atom. The van der Waals surface area contributed by atoms with Crippen LogP contribution in [0.3, 0.4) is 0 Å². The number of hydrogen-bond donors (Lipinski definition) is 0. The number of ether oxygens (including phenoxy) is 1. The second-order valence-electron chi connectivity index (χ2n) is 10.7. The zero-order valence-corrected chi connectivity index (χ0v) is 20.9. The van der Waals surface area contributed by atoms with Gasteiger partial charge in [-0.2, -0.15) is 5.10 Å². The summed E-state index contributed by atoms with van der Waals surface area (Å²) in [4.78, 5) is 28.9. The highest BCUT2D eigenvalue weighted by atomic mass is 16.5. The predicted molar refractivity (Wildman–Crippen MR) is 137 cm³/mol. The molecule has 2 aromatic carbocycles. The average Bonchev–Trinajstić information content (AvgIpc) is 3.26. The number of carbonyl (C=O) groups is 2. The zero-order chi connectivity index (χ0) is 24.5. The number of nitrogens with zero attached hydrogens (tertiary/aromatic N) is 3. The van der Waals surface area contributed by atoms with Crippen LogP contribution in [0.4, 0.5) is 5.69 Å². The Hall–Kier alpha value is -3.15. The van der Waals surface area contributed by atoms with Gasteiger partial charge < -0.3 is 9.64 Å². The van der Waals surface area contributed by atoms with Gasteiger partial charge in [0.05, 0.1) is 5.69 Å². The van der Waals surface area contributed by atoms with E-state index in [1.807, 2.05) is 59.5 Å². The smallest absolute Gasteiger partial charge is 0.354 e. The minimum absolute atomic E-state index is 0.0112. The highest BCUT2D eigenvalue weighted by Gasteiger charge is 2.43. The summed E-state index contributed by atoms with van der Waals surface area (Å²) in [7, 11) is 0. The van der Waals surface area contributed by atoms with Gasteiger partial charge in [0.1, 0.15) is 17.9 Å². The molecule has 0 aromatic heterocycles. The third-order valence-corrected chi connectivity index (χ3v) is 7.78. The fraction of sp³-hybridized carbons (Fsp3) is 0.483. The molecule has 2 aromatic rings. The summed E-state index contributed by atoms with van der Waals surface area (Å²) in [6, 6.07) is 17.4. The first-order valence-electron chi connectivity index (χ1n) is 12.9. The molecule has 184 valence electrons. The van der Waals surface area contributed by atoms with Crippen LogP contribution in [-0.4, -0.2) is 34.6 Å². The highest BCUT2D eigenvalue weighted by Crippen LogP contribution is 2.37. The Morgan fingerprint density at radius 3 is 2.60 bits per heavy atom. The maximum atomic E-state index is 13.7. The Kier molecular flexibility index (Phi) is 6.63. The van der Waals surface area contributed by atoms with Gasteiger partial charge in [-0.15, -0.1) is 0 Å². The van der Waals surface area contributed by atoms with Gasteiger partial charge in [0, 0.05) is 19.5 Å². The van der Waals surface area contributed by atoms with E-state index in [-0.39, 0.29) is 24.4 Å². The molecule has 6 nitrogen and oxygen atoms in total. The van der Waals surface area contributed by atoms with Crippen LogP contribution in [0.1, 0.15) is 57.6 Å². The fourth-order valence-electron chi connectivity index (χ4n) is 5.80. The molecule has 35 heavy (non-hydrogen) atoms. The van der Waals surface area contributed by atoms with Gasteiger partial charge in [-0.1, -0.05) is 75.7 Å². The van der Waals surface area contributed by atoms with Gasteiger partial charge in [-0.25, -0.2) is 4.79 Å². The van der Waals surface area contributed by atoms with Crippen molar-refractivity contribution in [1.82, 2.24) is 4.90 Å². The molecule has 0 saturated heterocycles. The van der Waals surface area contributed by atoms with Crippen molar-refractivity contribution in [2.24, 2.45) is 22.9 Å². The van der Waals surface area contributed by atoms with E-state index in [0.717, 1.165) is 29.7 Å². The number of amides is 1. The van der Waals surface area contributed by atoms with Crippen molar-refractivity contribution in [2.75, 3.05) is 5.01 Å². The summed E-state index contributed by atoms with van der Waals surface area (Å²) >= 11 is 0. The molecule has 2 aliphatic heterocycles. The van der Waals surface area contributed by atoms with Gasteiger partial charge in [-0.3, -0.25) is 9.80 Å². The van der Waals surface area contributed by atoms with Crippen LogP contribution in [0.25, 0.3) is 0 Å². The van der Waals surface area contributed by atoms with Gasteiger partial charge >= 0.3 is 5.97 Å². The number of fused-ring (bicyclic) bond motifs is 3. The van der Waals surface area contributed by atoms with Crippen LogP contribution in [0.2, 0.25) is 0 Å². The van der Waals surface area contributed by atoms with E-state index < -0.39 is 6.04 Å². The maximum Gasteiger partial charge on any atom is 0.354 e. The van der Waals surface area contributed by atoms with E-state index in [0.29, 0.717) is 36.6 Å². The van der Waals surface area contributed by atoms with Crippen LogP contribution < -0.4 is 5.01 Å². The lowest BCUT2D eigenvalue weighted by Crippen LogP contribution is -2.42. The molecule has 0 N–H and O–H groups in total. The molecule has 2 heterocycles. The molecule has 1 amide bonds. The number of esters is 1. The first-order chi connectivity index (χ1) is 16.9. The van der Waals surface area contributed by atoms with Crippen molar-refractivity contribution in [3.63, 3.8) is 0 Å². The molecule has 5 rings (SSSR count). The Morgan fingerprint density at radius 1 is 1.09 bits per heavy atom. The van der Waals surface area contributed by atoms with E-state index in [4.69, 9.17) is 4.74 Å². The van der Waals surface area contributed by atoms with Crippen LogP contribution in [0.15, 0.2) is 59.7 Å². The van der Waals surface area contributed by atoms with Crippen molar-refractivity contribution in [2.45, 2.75) is 71.7 Å². The third-order valence-electron chi connectivity index (χ3n) is 7.78. The molecular weight excluding hydrogens is 438 g/mol. The second kappa shape index (κ2) is 9.84. The van der Waals surface area contributed by atoms with Gasteiger partial charge in [0.25, 0.3) is 0 Å². The van der Waals surface area contributed by atoms with Crippen molar-refractivity contribution >= 4 is 23.3 Å². The van der Waals surface area contributed by atoms with Crippen LogP contribution in [0, 0.1) is 17.8 Å². The van der Waals surface area contributed by atoms with Crippen LogP contribution in [0.5, 0.6) is 0 Å². The second-order valence-corrected chi connectivity index (χ2v) is 10.7. The molecule has 0 unspecified atom stereocenters. The largest absolute Gasteiger partial charge is 0.458 e. The lowest BCUT2D eigenvalue weighted by molar-refractivity contribution is -0.147. The lowest BCUT2D eigenvalue weighted by atomic mass is 9.75. The average molecular weight is 474 g/mol. The standard InChI is InChI=1S/C29H35N3O3/c1-19(2)23-14-13-20(3)15-27(23)35-29(34)24-16-26-28(33)31(17-21-9-5-4-6-10-21)18-22-11-7-8-12-25(22)32(26)30-24/h4-12,19-20,23,26-27H,13-18H2,1-3H3/t20-,23+,26-,27-/m1/s1. The first-order valence-corrected chi connectivity index (χ1v) is 12.9. The Bertz CT molecular complexity index is 1110. The Labute approximate surface area is 207 Å². The van der Waals surface area contributed by atoms with E-state index in [2.05, 4.69) is 25.9 Å². The quantitative estimate of drug-likeness (QED) is 0.562. The monoisotopic (exact) mass is 473 g/mol. The van der Waals surface area contributed by atoms with E-state index in [1.54, 1.807) is 5.01 Å². The number of para-hydroxylation sites is 1. The fourth-order valence-corrected chi connectivity index (χ4v) is 5.80. The molecule has 1 fully saturated rings. The molecule has 0 bridgehead atoms. The first kappa shape index (κ1) is 23.6.